The molecule has 0 bridgehead atoms. The van der Waals surface area contributed by atoms with Crippen LogP contribution in [0.2, 0.25) is 0 Å². The summed E-state index contributed by atoms with van der Waals surface area (Å²) >= 11 is 0. The van der Waals surface area contributed by atoms with Gasteiger partial charge in [0.2, 0.25) is 0 Å². The average molecular weight is 344 g/mol. The molecule has 3 nitrogen and oxygen atoms in total. The first-order valence-electron chi connectivity index (χ1n) is 10.0. The van der Waals surface area contributed by atoms with E-state index < -0.39 is 0 Å². The Balaban J connectivity index is 1.76. The Labute approximate surface area is 151 Å². The van der Waals surface area contributed by atoms with Crippen LogP contribution >= 0.6 is 0 Å². The maximum atomic E-state index is 12.0. The lowest BCUT2D eigenvalue weighted by Gasteiger charge is -2.60. The first kappa shape index (κ1) is 17.5. The lowest BCUT2D eigenvalue weighted by molar-refractivity contribution is -0.128. The molecule has 4 aliphatic rings. The van der Waals surface area contributed by atoms with E-state index in [2.05, 4.69) is 20.8 Å². The first-order valence-corrected chi connectivity index (χ1v) is 10.0. The molecule has 3 saturated carbocycles. The van der Waals surface area contributed by atoms with Gasteiger partial charge in [0.25, 0.3) is 0 Å². The second-order valence-corrected chi connectivity index (χ2v) is 9.56. The monoisotopic (exact) mass is 344 g/mol. The van der Waals surface area contributed by atoms with Gasteiger partial charge in [-0.2, -0.15) is 0 Å². The predicted octanol–water partition coefficient (Wildman–Crippen LogP) is 3.65. The smallest absolute Gasteiger partial charge is 0.155 e. The van der Waals surface area contributed by atoms with Gasteiger partial charge in [0.15, 0.2) is 5.78 Å². The number of aliphatic hydroxyl groups is 2. The van der Waals surface area contributed by atoms with Crippen molar-refractivity contribution >= 4 is 5.78 Å². The number of allylic oxidation sites excluding steroid dienone is 2. The van der Waals surface area contributed by atoms with Gasteiger partial charge in [0, 0.05) is 6.42 Å². The zero-order valence-electron chi connectivity index (χ0n) is 15.8. The molecular weight excluding hydrogens is 312 g/mol. The van der Waals surface area contributed by atoms with Crippen LogP contribution in [0, 0.1) is 34.5 Å². The Morgan fingerprint density at radius 1 is 1.28 bits per heavy atom. The fraction of sp³-hybridized carbons (Fsp3) is 0.773. The van der Waals surface area contributed by atoms with Crippen LogP contribution in [0.5, 0.6) is 0 Å². The van der Waals surface area contributed by atoms with Crippen molar-refractivity contribution in [2.75, 3.05) is 6.61 Å². The molecule has 3 fully saturated rings. The minimum Gasteiger partial charge on any atom is -0.393 e. The van der Waals surface area contributed by atoms with Crippen LogP contribution in [0.4, 0.5) is 0 Å². The Kier molecular flexibility index (Phi) is 4.05. The van der Waals surface area contributed by atoms with Gasteiger partial charge in [-0.15, -0.1) is 0 Å². The van der Waals surface area contributed by atoms with Crippen LogP contribution in [-0.4, -0.2) is 28.7 Å². The van der Waals surface area contributed by atoms with Crippen molar-refractivity contribution < 1.29 is 15.0 Å². The van der Waals surface area contributed by atoms with E-state index in [-0.39, 0.29) is 35.2 Å². The summed E-state index contributed by atoms with van der Waals surface area (Å²) < 4.78 is 0. The normalized spacial score (nSPS) is 50.9. The number of aliphatic hydroxyl groups excluding tert-OH is 2. The Morgan fingerprint density at radius 2 is 2.04 bits per heavy atom. The topological polar surface area (TPSA) is 57.5 Å². The molecule has 2 N–H and O–H groups in total. The molecule has 0 saturated heterocycles. The van der Waals surface area contributed by atoms with Crippen molar-refractivity contribution in [3.05, 3.63) is 23.3 Å². The number of ketones is 1. The summed E-state index contributed by atoms with van der Waals surface area (Å²) in [5, 5.41) is 20.7. The van der Waals surface area contributed by atoms with Gasteiger partial charge in [-0.05, 0) is 72.7 Å². The Morgan fingerprint density at radius 3 is 2.76 bits per heavy atom. The fourth-order valence-corrected chi connectivity index (χ4v) is 7.41. The van der Waals surface area contributed by atoms with E-state index in [4.69, 9.17) is 0 Å². The molecule has 0 unspecified atom stereocenters. The zero-order valence-corrected chi connectivity index (χ0v) is 15.8. The van der Waals surface area contributed by atoms with Crippen LogP contribution in [0.3, 0.4) is 0 Å². The summed E-state index contributed by atoms with van der Waals surface area (Å²) in [5.41, 5.74) is 2.66. The molecule has 0 amide bonds. The van der Waals surface area contributed by atoms with Crippen LogP contribution in [0.25, 0.3) is 0 Å². The molecule has 0 radical (unpaired) electrons. The lowest BCUT2D eigenvalue weighted by Crippen LogP contribution is -2.57. The highest BCUT2D eigenvalue weighted by Crippen LogP contribution is 2.67. The molecule has 4 aliphatic carbocycles. The van der Waals surface area contributed by atoms with E-state index in [0.29, 0.717) is 24.2 Å². The number of carbonyl (C=O) groups is 1. The van der Waals surface area contributed by atoms with E-state index in [1.807, 2.05) is 12.2 Å². The van der Waals surface area contributed by atoms with Gasteiger partial charge in [-0.3, -0.25) is 4.79 Å². The van der Waals surface area contributed by atoms with Gasteiger partial charge in [-0.25, -0.2) is 0 Å². The molecule has 138 valence electrons. The van der Waals surface area contributed by atoms with E-state index in [9.17, 15) is 15.0 Å². The Bertz CT molecular complexity index is 648. The maximum Gasteiger partial charge on any atom is 0.155 e. The van der Waals surface area contributed by atoms with Gasteiger partial charge < -0.3 is 10.2 Å². The van der Waals surface area contributed by atoms with Gasteiger partial charge in [0.1, 0.15) is 0 Å². The molecule has 0 aromatic heterocycles. The quantitative estimate of drug-likeness (QED) is 0.714. The molecule has 0 spiro atoms. The summed E-state index contributed by atoms with van der Waals surface area (Å²) in [5.74, 6) is 2.08. The largest absolute Gasteiger partial charge is 0.393 e. The van der Waals surface area contributed by atoms with E-state index in [1.165, 1.54) is 17.6 Å². The number of hydrogen-bond donors (Lipinski definition) is 2. The molecule has 0 aromatic rings. The SMILES string of the molecule is C[C@@H]1C[C@@H]2[C@H]([C@@H](O)C[C@]3(C)/C(=C\CO)CC[C@@H]23)[C@@]2(C)CCC(=O)C=C12. The predicted molar refractivity (Wildman–Crippen MR) is 97.8 cm³/mol. The van der Waals surface area contributed by atoms with Crippen LogP contribution in [0.15, 0.2) is 23.3 Å². The van der Waals surface area contributed by atoms with E-state index in [1.54, 1.807) is 0 Å². The van der Waals surface area contributed by atoms with Crippen molar-refractivity contribution in [2.45, 2.75) is 65.4 Å². The number of carbonyl (C=O) groups excluding carboxylic acids is 1. The van der Waals surface area contributed by atoms with Gasteiger partial charge in [-0.1, -0.05) is 38.0 Å². The fourth-order valence-electron chi connectivity index (χ4n) is 7.41. The summed E-state index contributed by atoms with van der Waals surface area (Å²) in [4.78, 5) is 12.0. The standard InChI is InChI=1S/C22H32O3/c1-13-10-16-17-5-4-14(7-9-23)22(17,3)12-19(25)20(16)21(2)8-6-15(24)11-18(13)21/h7,11,13,16-17,19-20,23,25H,4-6,8-10,12H2,1-3H3/b14-7-/t13-,16+,17+,19+,20-,21+,22-/m1/s1. The van der Waals surface area contributed by atoms with E-state index >= 15 is 0 Å². The van der Waals surface area contributed by atoms with Crippen LogP contribution < -0.4 is 0 Å². The third-order valence-electron chi connectivity index (χ3n) is 8.40. The van der Waals surface area contributed by atoms with E-state index in [0.717, 1.165) is 25.7 Å². The summed E-state index contributed by atoms with van der Waals surface area (Å²) in [7, 11) is 0. The second kappa shape index (κ2) is 5.79. The van der Waals surface area contributed by atoms with Crippen molar-refractivity contribution in [2.24, 2.45) is 34.5 Å². The Hall–Kier alpha value is -0.930. The molecule has 0 aliphatic heterocycles. The third kappa shape index (κ3) is 2.35. The van der Waals surface area contributed by atoms with Crippen LogP contribution in [-0.2, 0) is 4.79 Å². The van der Waals surface area contributed by atoms with Gasteiger partial charge >= 0.3 is 0 Å². The lowest BCUT2D eigenvalue weighted by atomic mass is 9.45. The highest BCUT2D eigenvalue weighted by atomic mass is 16.3. The third-order valence-corrected chi connectivity index (χ3v) is 8.40. The average Bonchev–Trinajstić information content (AvgIpc) is 2.86. The van der Waals surface area contributed by atoms with Crippen molar-refractivity contribution in [3.8, 4) is 0 Å². The number of fused-ring (bicyclic) bond motifs is 5. The molecule has 3 heteroatoms. The molecule has 7 atom stereocenters. The summed E-state index contributed by atoms with van der Waals surface area (Å²) in [6.45, 7) is 7.00. The zero-order chi connectivity index (χ0) is 18.0. The van der Waals surface area contributed by atoms with Crippen molar-refractivity contribution in [1.29, 1.82) is 0 Å². The highest BCUT2D eigenvalue weighted by Gasteiger charge is 2.61. The molecule has 25 heavy (non-hydrogen) atoms. The molecule has 0 aromatic carbocycles. The van der Waals surface area contributed by atoms with Crippen molar-refractivity contribution in [1.82, 2.24) is 0 Å². The minimum absolute atomic E-state index is 0.0273. The highest BCUT2D eigenvalue weighted by molar-refractivity contribution is 5.91. The molecular formula is C22H32O3. The summed E-state index contributed by atoms with van der Waals surface area (Å²) in [6.07, 6.45) is 9.23. The number of hydrogen-bond acceptors (Lipinski definition) is 3. The number of rotatable bonds is 1. The minimum atomic E-state index is -0.319. The first-order chi connectivity index (χ1) is 11.8. The van der Waals surface area contributed by atoms with Crippen LogP contribution in [0.1, 0.15) is 59.3 Å². The maximum absolute atomic E-state index is 12.0. The van der Waals surface area contributed by atoms with Crippen molar-refractivity contribution in [3.63, 3.8) is 0 Å². The summed E-state index contributed by atoms with van der Waals surface area (Å²) in [6, 6.07) is 0. The second-order valence-electron chi connectivity index (χ2n) is 9.56. The molecule has 4 rings (SSSR count). The molecule has 0 heterocycles. The van der Waals surface area contributed by atoms with Gasteiger partial charge in [0.05, 0.1) is 12.7 Å².